The maximum atomic E-state index is 12.7. The Morgan fingerprint density at radius 3 is 2.26 bits per heavy atom. The first-order valence-corrected chi connectivity index (χ1v) is 12.1. The molecule has 3 aromatic rings. The normalized spacial score (nSPS) is 10.8. The van der Waals surface area contributed by atoms with E-state index in [1.165, 1.54) is 25.7 Å². The number of nitrogens with zero attached hydrogens (tertiary/aromatic N) is 1. The summed E-state index contributed by atoms with van der Waals surface area (Å²) in [7, 11) is 0. The molecular weight excluding hydrogens is 438 g/mol. The second-order valence-electron chi connectivity index (χ2n) is 8.35. The first-order valence-electron chi connectivity index (χ1n) is 12.1. The smallest absolute Gasteiger partial charge is 0.273 e. The van der Waals surface area contributed by atoms with Crippen LogP contribution in [0.2, 0.25) is 0 Å². The second-order valence-corrected chi connectivity index (χ2v) is 8.35. The van der Waals surface area contributed by atoms with Gasteiger partial charge in [-0.1, -0.05) is 62.9 Å². The zero-order valence-corrected chi connectivity index (χ0v) is 20.4. The SMILES string of the molecule is CCCCCCCOc1ccc(C=NNC(=O)c2ccccc2NC(=O)c2ccccc2C)cc1. The highest BCUT2D eigenvalue weighted by atomic mass is 16.5. The largest absolute Gasteiger partial charge is 0.494 e. The number of unbranched alkanes of at least 4 members (excludes halogenated alkanes) is 4. The minimum atomic E-state index is -0.412. The summed E-state index contributed by atoms with van der Waals surface area (Å²) in [4.78, 5) is 25.4. The van der Waals surface area contributed by atoms with E-state index in [2.05, 4.69) is 22.8 Å². The van der Waals surface area contributed by atoms with Gasteiger partial charge in [0.25, 0.3) is 11.8 Å². The van der Waals surface area contributed by atoms with E-state index < -0.39 is 5.91 Å². The van der Waals surface area contributed by atoms with Gasteiger partial charge in [0.1, 0.15) is 5.75 Å². The van der Waals surface area contributed by atoms with Crippen molar-refractivity contribution in [1.82, 2.24) is 5.43 Å². The van der Waals surface area contributed by atoms with E-state index >= 15 is 0 Å². The van der Waals surface area contributed by atoms with Crippen LogP contribution < -0.4 is 15.5 Å². The topological polar surface area (TPSA) is 79.8 Å². The van der Waals surface area contributed by atoms with E-state index in [1.54, 1.807) is 36.5 Å². The minimum absolute atomic E-state index is 0.268. The Labute approximate surface area is 207 Å². The van der Waals surface area contributed by atoms with Crippen LogP contribution in [0.5, 0.6) is 5.75 Å². The van der Waals surface area contributed by atoms with Crippen LogP contribution in [-0.2, 0) is 0 Å². The number of hydrazone groups is 1. The maximum absolute atomic E-state index is 12.7. The number of hydrogen-bond acceptors (Lipinski definition) is 4. The molecule has 0 saturated carbocycles. The highest BCUT2D eigenvalue weighted by molar-refractivity contribution is 6.09. The molecule has 6 heteroatoms. The Kier molecular flexibility index (Phi) is 10.1. The lowest BCUT2D eigenvalue weighted by molar-refractivity contribution is 0.0956. The number of hydrogen-bond donors (Lipinski definition) is 2. The number of nitrogens with one attached hydrogen (secondary N) is 2. The molecule has 0 saturated heterocycles. The Hall–Kier alpha value is -3.93. The summed E-state index contributed by atoms with van der Waals surface area (Å²) < 4.78 is 5.78. The number of aryl methyl sites for hydroxylation is 1. The molecule has 182 valence electrons. The van der Waals surface area contributed by atoms with Crippen molar-refractivity contribution >= 4 is 23.7 Å². The van der Waals surface area contributed by atoms with E-state index in [0.717, 1.165) is 23.3 Å². The van der Waals surface area contributed by atoms with E-state index in [0.29, 0.717) is 23.4 Å². The molecule has 0 fully saturated rings. The van der Waals surface area contributed by atoms with Crippen molar-refractivity contribution in [3.05, 3.63) is 95.1 Å². The number of carbonyl (C=O) groups excluding carboxylic acids is 2. The van der Waals surface area contributed by atoms with Crippen LogP contribution >= 0.6 is 0 Å². The molecule has 0 spiro atoms. The molecule has 2 amide bonds. The number of benzene rings is 3. The standard InChI is InChI=1S/C29H33N3O3/c1-3-4-5-6-11-20-35-24-18-16-23(17-19-24)21-30-32-29(34)26-14-9-10-15-27(26)31-28(33)25-13-8-7-12-22(25)2/h7-10,12-19,21H,3-6,11,20H2,1-2H3,(H,31,33)(H,32,34). The van der Waals surface area contributed by atoms with Crippen molar-refractivity contribution in [2.75, 3.05) is 11.9 Å². The van der Waals surface area contributed by atoms with Crippen LogP contribution in [0.15, 0.2) is 77.9 Å². The fraction of sp³-hybridized carbons (Fsp3) is 0.276. The minimum Gasteiger partial charge on any atom is -0.494 e. The Bertz CT molecular complexity index is 1140. The van der Waals surface area contributed by atoms with Gasteiger partial charge >= 0.3 is 0 Å². The third-order valence-corrected chi connectivity index (χ3v) is 5.59. The van der Waals surface area contributed by atoms with Gasteiger partial charge in [-0.25, -0.2) is 5.43 Å². The highest BCUT2D eigenvalue weighted by Crippen LogP contribution is 2.18. The Morgan fingerprint density at radius 2 is 1.51 bits per heavy atom. The van der Waals surface area contributed by atoms with Gasteiger partial charge in [-0.3, -0.25) is 9.59 Å². The van der Waals surface area contributed by atoms with Crippen LogP contribution in [0.3, 0.4) is 0 Å². The number of anilines is 1. The predicted octanol–water partition coefficient (Wildman–Crippen LogP) is 6.36. The highest BCUT2D eigenvalue weighted by Gasteiger charge is 2.14. The van der Waals surface area contributed by atoms with Crippen molar-refractivity contribution in [1.29, 1.82) is 0 Å². The average Bonchev–Trinajstić information content (AvgIpc) is 2.87. The van der Waals surface area contributed by atoms with Crippen molar-refractivity contribution in [3.63, 3.8) is 0 Å². The number of amides is 2. The van der Waals surface area contributed by atoms with Gasteiger partial charge in [0, 0.05) is 5.56 Å². The summed E-state index contributed by atoms with van der Waals surface area (Å²) in [6.07, 6.45) is 7.59. The molecule has 0 aliphatic carbocycles. The molecule has 3 aromatic carbocycles. The molecule has 35 heavy (non-hydrogen) atoms. The molecule has 3 rings (SSSR count). The molecule has 2 N–H and O–H groups in total. The van der Waals surface area contributed by atoms with Gasteiger partial charge in [0.15, 0.2) is 0 Å². The molecule has 6 nitrogen and oxygen atoms in total. The molecule has 0 heterocycles. The zero-order valence-electron chi connectivity index (χ0n) is 20.4. The van der Waals surface area contributed by atoms with Gasteiger partial charge in [0.05, 0.1) is 24.1 Å². The number of para-hydroxylation sites is 1. The Morgan fingerprint density at radius 1 is 0.829 bits per heavy atom. The third kappa shape index (κ3) is 8.10. The lowest BCUT2D eigenvalue weighted by Crippen LogP contribution is -2.21. The molecular formula is C29H33N3O3. The Balaban J connectivity index is 1.53. The van der Waals surface area contributed by atoms with Crippen molar-refractivity contribution in [3.8, 4) is 5.75 Å². The fourth-order valence-electron chi connectivity index (χ4n) is 3.58. The van der Waals surface area contributed by atoms with E-state index in [9.17, 15) is 9.59 Å². The summed E-state index contributed by atoms with van der Waals surface area (Å²) in [5.74, 6) is 0.139. The first kappa shape index (κ1) is 25.7. The molecule has 0 aliphatic heterocycles. The second kappa shape index (κ2) is 13.7. The predicted molar refractivity (Wildman–Crippen MR) is 141 cm³/mol. The van der Waals surface area contributed by atoms with E-state index in [1.807, 2.05) is 49.4 Å². The number of carbonyl (C=O) groups is 2. The maximum Gasteiger partial charge on any atom is 0.273 e. The van der Waals surface area contributed by atoms with E-state index in [4.69, 9.17) is 4.74 Å². The quantitative estimate of drug-likeness (QED) is 0.183. The van der Waals surface area contributed by atoms with Gasteiger partial charge in [0.2, 0.25) is 0 Å². The molecule has 0 radical (unpaired) electrons. The van der Waals surface area contributed by atoms with Gasteiger partial charge in [-0.15, -0.1) is 0 Å². The average molecular weight is 472 g/mol. The number of ether oxygens (including phenoxy) is 1. The first-order chi connectivity index (χ1) is 17.1. The summed E-state index contributed by atoms with van der Waals surface area (Å²) in [6.45, 7) is 4.79. The lowest BCUT2D eigenvalue weighted by Gasteiger charge is -2.11. The summed E-state index contributed by atoms with van der Waals surface area (Å²) in [5, 5.41) is 6.89. The van der Waals surface area contributed by atoms with Crippen molar-refractivity contribution in [2.24, 2.45) is 5.10 Å². The van der Waals surface area contributed by atoms with Crippen LogP contribution in [0.4, 0.5) is 5.69 Å². The van der Waals surface area contributed by atoms with Gasteiger partial charge in [-0.2, -0.15) is 5.10 Å². The molecule has 0 unspecified atom stereocenters. The molecule has 0 aliphatic rings. The molecule has 0 bridgehead atoms. The summed E-state index contributed by atoms with van der Waals surface area (Å²) in [5.41, 5.74) is 5.54. The lowest BCUT2D eigenvalue weighted by atomic mass is 10.1. The van der Waals surface area contributed by atoms with Gasteiger partial charge < -0.3 is 10.1 Å². The van der Waals surface area contributed by atoms with Crippen molar-refractivity contribution in [2.45, 2.75) is 46.0 Å². The fourth-order valence-corrected chi connectivity index (χ4v) is 3.58. The van der Waals surface area contributed by atoms with Crippen LogP contribution in [0.1, 0.15) is 70.9 Å². The van der Waals surface area contributed by atoms with Gasteiger partial charge in [-0.05, 0) is 66.9 Å². The van der Waals surface area contributed by atoms with Crippen LogP contribution in [-0.4, -0.2) is 24.6 Å². The van der Waals surface area contributed by atoms with Crippen LogP contribution in [0.25, 0.3) is 0 Å². The van der Waals surface area contributed by atoms with Crippen LogP contribution in [0, 0.1) is 6.92 Å². The molecule has 0 atom stereocenters. The summed E-state index contributed by atoms with van der Waals surface area (Å²) >= 11 is 0. The summed E-state index contributed by atoms with van der Waals surface area (Å²) in [6, 6.07) is 21.7. The monoisotopic (exact) mass is 471 g/mol. The number of rotatable bonds is 12. The third-order valence-electron chi connectivity index (χ3n) is 5.59. The van der Waals surface area contributed by atoms with Crippen molar-refractivity contribution < 1.29 is 14.3 Å². The molecule has 0 aromatic heterocycles. The zero-order chi connectivity index (χ0) is 24.9. The van der Waals surface area contributed by atoms with E-state index in [-0.39, 0.29) is 5.91 Å².